The molecule has 0 aliphatic rings. The Labute approximate surface area is 196 Å². The van der Waals surface area contributed by atoms with E-state index in [1.54, 1.807) is 11.7 Å². The molecule has 3 N–H and O–H groups in total. The molecule has 0 aliphatic heterocycles. The first-order valence-electron chi connectivity index (χ1n) is 10.5. The minimum Gasteiger partial charge on any atom is -0.311 e. The van der Waals surface area contributed by atoms with Crippen LogP contribution in [0.4, 0.5) is 17.1 Å². The maximum absolute atomic E-state index is 12.3. The molecule has 0 bridgehead atoms. The number of nitrogens with one attached hydrogen (secondary N) is 2. The summed E-state index contributed by atoms with van der Waals surface area (Å²) in [5, 5.41) is 12.7. The average molecular weight is 450 g/mol. The summed E-state index contributed by atoms with van der Waals surface area (Å²) in [6.45, 7) is 0. The van der Waals surface area contributed by atoms with Crippen molar-refractivity contribution in [3.8, 4) is 0 Å². The molecule has 168 valence electrons. The Bertz CT molecular complexity index is 1230. The van der Waals surface area contributed by atoms with E-state index in [0.29, 0.717) is 5.56 Å². The van der Waals surface area contributed by atoms with E-state index in [1.165, 1.54) is 24.3 Å². The van der Waals surface area contributed by atoms with Crippen LogP contribution in [0.25, 0.3) is 0 Å². The standard InChI is InChI=1S/C27H22N4O3/c32-26(21-13-15-22(16-14-21)27(33)30-34)29-28-19-20-11-17-25(18-12-20)31(23-7-3-1-4-8-23)24-9-5-2-6-10-24/h1-19,34H,(H,29,32)(H,30,33)/b28-19+. The molecule has 0 radical (unpaired) electrons. The van der Waals surface area contributed by atoms with Crippen LogP contribution in [0.1, 0.15) is 26.3 Å². The zero-order valence-electron chi connectivity index (χ0n) is 18.1. The highest BCUT2D eigenvalue weighted by atomic mass is 16.5. The summed E-state index contributed by atoms with van der Waals surface area (Å²) >= 11 is 0. The fourth-order valence-electron chi connectivity index (χ4n) is 3.38. The van der Waals surface area contributed by atoms with Gasteiger partial charge in [0.05, 0.1) is 6.21 Å². The van der Waals surface area contributed by atoms with Gasteiger partial charge in [0.15, 0.2) is 0 Å². The second-order valence-corrected chi connectivity index (χ2v) is 7.32. The van der Waals surface area contributed by atoms with Gasteiger partial charge in [0.2, 0.25) is 0 Å². The third-order valence-corrected chi connectivity index (χ3v) is 5.07. The number of carbonyl (C=O) groups is 2. The number of benzene rings is 4. The van der Waals surface area contributed by atoms with Gasteiger partial charge in [-0.1, -0.05) is 48.5 Å². The third-order valence-electron chi connectivity index (χ3n) is 5.07. The van der Waals surface area contributed by atoms with E-state index in [0.717, 1.165) is 22.6 Å². The number of hydrazone groups is 1. The Kier molecular flexibility index (Phi) is 7.07. The Morgan fingerprint density at radius 3 is 1.62 bits per heavy atom. The number of para-hydroxylation sites is 2. The van der Waals surface area contributed by atoms with Crippen molar-refractivity contribution in [2.75, 3.05) is 4.90 Å². The van der Waals surface area contributed by atoms with E-state index in [9.17, 15) is 9.59 Å². The molecular weight excluding hydrogens is 428 g/mol. The van der Waals surface area contributed by atoms with Gasteiger partial charge in [0.25, 0.3) is 11.8 Å². The highest BCUT2D eigenvalue weighted by molar-refractivity contribution is 5.97. The molecule has 0 heterocycles. The molecule has 0 fully saturated rings. The number of rotatable bonds is 7. The van der Waals surface area contributed by atoms with E-state index in [-0.39, 0.29) is 5.56 Å². The predicted molar refractivity (Wildman–Crippen MR) is 132 cm³/mol. The van der Waals surface area contributed by atoms with Gasteiger partial charge >= 0.3 is 0 Å². The lowest BCUT2D eigenvalue weighted by atomic mass is 10.1. The lowest BCUT2D eigenvalue weighted by Gasteiger charge is -2.25. The minimum atomic E-state index is -0.647. The maximum Gasteiger partial charge on any atom is 0.274 e. The van der Waals surface area contributed by atoms with Crippen LogP contribution < -0.4 is 15.8 Å². The van der Waals surface area contributed by atoms with E-state index in [4.69, 9.17) is 5.21 Å². The first kappa shape index (κ1) is 22.4. The molecule has 0 aromatic heterocycles. The van der Waals surface area contributed by atoms with Gasteiger partial charge in [-0.3, -0.25) is 14.8 Å². The summed E-state index contributed by atoms with van der Waals surface area (Å²) in [6, 6.07) is 33.9. The van der Waals surface area contributed by atoms with Crippen molar-refractivity contribution in [3.63, 3.8) is 0 Å². The van der Waals surface area contributed by atoms with Crippen LogP contribution >= 0.6 is 0 Å². The summed E-state index contributed by atoms with van der Waals surface area (Å²) in [4.78, 5) is 25.8. The molecule has 7 nitrogen and oxygen atoms in total. The lowest BCUT2D eigenvalue weighted by molar-refractivity contribution is 0.0706. The molecule has 7 heteroatoms. The molecule has 0 aliphatic carbocycles. The van der Waals surface area contributed by atoms with Crippen LogP contribution in [0.5, 0.6) is 0 Å². The van der Waals surface area contributed by atoms with Crippen LogP contribution in [0.3, 0.4) is 0 Å². The third kappa shape index (κ3) is 5.35. The Morgan fingerprint density at radius 2 is 1.12 bits per heavy atom. The summed E-state index contributed by atoms with van der Waals surface area (Å²) in [5.41, 5.74) is 8.49. The average Bonchev–Trinajstić information content (AvgIpc) is 2.90. The van der Waals surface area contributed by atoms with Gasteiger partial charge in [-0.25, -0.2) is 10.9 Å². The van der Waals surface area contributed by atoms with Gasteiger partial charge in [-0.2, -0.15) is 5.10 Å². The van der Waals surface area contributed by atoms with E-state index >= 15 is 0 Å². The van der Waals surface area contributed by atoms with Gasteiger partial charge in [-0.05, 0) is 66.2 Å². The number of hydrogen-bond acceptors (Lipinski definition) is 5. The van der Waals surface area contributed by atoms with Crippen molar-refractivity contribution in [2.45, 2.75) is 0 Å². The predicted octanol–water partition coefficient (Wildman–Crippen LogP) is 5.04. The molecule has 4 aromatic rings. The van der Waals surface area contributed by atoms with Crippen LogP contribution in [0.15, 0.2) is 114 Å². The molecule has 4 aromatic carbocycles. The molecule has 34 heavy (non-hydrogen) atoms. The number of hydroxylamine groups is 1. The van der Waals surface area contributed by atoms with E-state index in [2.05, 4.69) is 39.7 Å². The van der Waals surface area contributed by atoms with Crippen molar-refractivity contribution in [1.82, 2.24) is 10.9 Å². The monoisotopic (exact) mass is 450 g/mol. The Balaban J connectivity index is 1.45. The zero-order valence-corrected chi connectivity index (χ0v) is 18.1. The quantitative estimate of drug-likeness (QED) is 0.209. The molecule has 2 amide bonds. The maximum atomic E-state index is 12.3. The fourth-order valence-corrected chi connectivity index (χ4v) is 3.38. The first-order chi connectivity index (χ1) is 16.7. The minimum absolute atomic E-state index is 0.239. The second-order valence-electron chi connectivity index (χ2n) is 7.32. The topological polar surface area (TPSA) is 94.0 Å². The van der Waals surface area contributed by atoms with Crippen LogP contribution in [-0.4, -0.2) is 23.2 Å². The van der Waals surface area contributed by atoms with E-state index in [1.807, 2.05) is 60.7 Å². The number of nitrogens with zero attached hydrogens (tertiary/aromatic N) is 2. The van der Waals surface area contributed by atoms with Crippen LogP contribution in [0.2, 0.25) is 0 Å². The van der Waals surface area contributed by atoms with Crippen LogP contribution in [0, 0.1) is 0 Å². The molecule has 0 saturated heterocycles. The number of amides is 2. The van der Waals surface area contributed by atoms with Crippen molar-refractivity contribution in [2.24, 2.45) is 5.10 Å². The Morgan fingerprint density at radius 1 is 0.647 bits per heavy atom. The second kappa shape index (κ2) is 10.7. The first-order valence-corrected chi connectivity index (χ1v) is 10.5. The number of anilines is 3. The van der Waals surface area contributed by atoms with Crippen LogP contribution in [-0.2, 0) is 0 Å². The zero-order chi connectivity index (χ0) is 23.8. The summed E-state index contributed by atoms with van der Waals surface area (Å²) < 4.78 is 0. The van der Waals surface area contributed by atoms with Crippen molar-refractivity contribution in [1.29, 1.82) is 0 Å². The largest absolute Gasteiger partial charge is 0.311 e. The van der Waals surface area contributed by atoms with Gasteiger partial charge in [0.1, 0.15) is 0 Å². The summed E-state index contributed by atoms with van der Waals surface area (Å²) in [6.07, 6.45) is 1.56. The molecule has 0 unspecified atom stereocenters. The Hall–Kier alpha value is -4.75. The highest BCUT2D eigenvalue weighted by Gasteiger charge is 2.11. The van der Waals surface area contributed by atoms with E-state index < -0.39 is 11.8 Å². The molecule has 0 saturated carbocycles. The van der Waals surface area contributed by atoms with Crippen molar-refractivity contribution >= 4 is 35.1 Å². The molecular formula is C27H22N4O3. The van der Waals surface area contributed by atoms with Crippen molar-refractivity contribution in [3.05, 3.63) is 126 Å². The number of hydrogen-bond donors (Lipinski definition) is 3. The SMILES string of the molecule is O=C(NO)c1ccc(C(=O)N/N=C/c2ccc(N(c3ccccc3)c3ccccc3)cc2)cc1. The number of carbonyl (C=O) groups excluding carboxylic acids is 2. The summed E-state index contributed by atoms with van der Waals surface area (Å²) in [5.74, 6) is -1.06. The van der Waals surface area contributed by atoms with Gasteiger partial charge in [0, 0.05) is 28.2 Å². The normalized spacial score (nSPS) is 10.6. The molecule has 4 rings (SSSR count). The molecule has 0 atom stereocenters. The smallest absolute Gasteiger partial charge is 0.274 e. The highest BCUT2D eigenvalue weighted by Crippen LogP contribution is 2.33. The van der Waals surface area contributed by atoms with Crippen molar-refractivity contribution < 1.29 is 14.8 Å². The lowest BCUT2D eigenvalue weighted by Crippen LogP contribution is -2.20. The van der Waals surface area contributed by atoms with Gasteiger partial charge in [-0.15, -0.1) is 0 Å². The fraction of sp³-hybridized carbons (Fsp3) is 0. The van der Waals surface area contributed by atoms with Gasteiger partial charge < -0.3 is 4.90 Å². The summed E-state index contributed by atoms with van der Waals surface area (Å²) in [7, 11) is 0. The molecule has 0 spiro atoms.